The van der Waals surface area contributed by atoms with Crippen LogP contribution in [0.5, 0.6) is 0 Å². The van der Waals surface area contributed by atoms with E-state index in [2.05, 4.69) is 15.1 Å². The summed E-state index contributed by atoms with van der Waals surface area (Å²) in [5.41, 5.74) is 0. The summed E-state index contributed by atoms with van der Waals surface area (Å²) in [7, 11) is 0. The van der Waals surface area contributed by atoms with Gasteiger partial charge in [0.15, 0.2) is 5.82 Å². The average Bonchev–Trinajstić information content (AvgIpc) is 2.74. The molecule has 3 rings (SSSR count). The van der Waals surface area contributed by atoms with Crippen molar-refractivity contribution in [2.45, 2.75) is 44.6 Å². The monoisotopic (exact) mass is 206 g/mol. The fourth-order valence-corrected chi connectivity index (χ4v) is 2.56. The lowest BCUT2D eigenvalue weighted by molar-refractivity contribution is 0.437. The van der Waals surface area contributed by atoms with Gasteiger partial charge in [0.25, 0.3) is 0 Å². The number of nitrogens with one attached hydrogen (secondary N) is 1. The Kier molecular flexibility index (Phi) is 2.44. The van der Waals surface area contributed by atoms with Gasteiger partial charge in [-0.15, -0.1) is 0 Å². The van der Waals surface area contributed by atoms with E-state index in [-0.39, 0.29) is 0 Å². The molecule has 0 aromatic carbocycles. The molecule has 3 heterocycles. The van der Waals surface area contributed by atoms with Crippen LogP contribution >= 0.6 is 0 Å². The number of aryl methyl sites for hydroxylation is 2. The van der Waals surface area contributed by atoms with Gasteiger partial charge in [-0.1, -0.05) is 0 Å². The summed E-state index contributed by atoms with van der Waals surface area (Å²) in [6, 6.07) is 0. The van der Waals surface area contributed by atoms with Gasteiger partial charge in [-0.05, 0) is 38.8 Å². The largest absolute Gasteiger partial charge is 0.317 e. The Morgan fingerprint density at radius 3 is 2.87 bits per heavy atom. The molecule has 4 heteroatoms. The van der Waals surface area contributed by atoms with E-state index in [0.29, 0.717) is 5.92 Å². The zero-order valence-corrected chi connectivity index (χ0v) is 9.08. The topological polar surface area (TPSA) is 42.7 Å². The van der Waals surface area contributed by atoms with Crippen LogP contribution < -0.4 is 5.32 Å². The first-order valence-electron chi connectivity index (χ1n) is 6.08. The van der Waals surface area contributed by atoms with E-state index in [1.807, 2.05) is 0 Å². The van der Waals surface area contributed by atoms with E-state index in [1.165, 1.54) is 31.5 Å². The van der Waals surface area contributed by atoms with E-state index < -0.39 is 0 Å². The van der Waals surface area contributed by atoms with Crippen molar-refractivity contribution in [3.8, 4) is 0 Å². The first-order chi connectivity index (χ1) is 7.43. The summed E-state index contributed by atoms with van der Waals surface area (Å²) in [6.07, 6.45) is 6.07. The normalized spacial score (nSPS) is 22.7. The number of rotatable bonds is 1. The second-order valence-electron chi connectivity index (χ2n) is 4.59. The predicted molar refractivity (Wildman–Crippen MR) is 57.8 cm³/mol. The maximum absolute atomic E-state index is 4.70. The number of aromatic nitrogens is 3. The summed E-state index contributed by atoms with van der Waals surface area (Å²) in [4.78, 5) is 4.70. The number of hydrogen-bond donors (Lipinski definition) is 1. The van der Waals surface area contributed by atoms with Crippen LogP contribution in [0.1, 0.15) is 43.3 Å². The van der Waals surface area contributed by atoms with Gasteiger partial charge in [0, 0.05) is 18.9 Å². The zero-order valence-electron chi connectivity index (χ0n) is 9.08. The molecule has 0 atom stereocenters. The summed E-state index contributed by atoms with van der Waals surface area (Å²) in [5.74, 6) is 2.92. The quantitative estimate of drug-likeness (QED) is 0.747. The highest BCUT2D eigenvalue weighted by Gasteiger charge is 2.22. The molecule has 1 aromatic rings. The first kappa shape index (κ1) is 9.33. The fourth-order valence-electron chi connectivity index (χ4n) is 2.56. The van der Waals surface area contributed by atoms with Crippen LogP contribution in [0, 0.1) is 0 Å². The number of fused-ring (bicyclic) bond motifs is 1. The third kappa shape index (κ3) is 1.78. The smallest absolute Gasteiger partial charge is 0.154 e. The Balaban J connectivity index is 1.82. The van der Waals surface area contributed by atoms with Gasteiger partial charge in [0.05, 0.1) is 0 Å². The molecule has 4 nitrogen and oxygen atoms in total. The summed E-state index contributed by atoms with van der Waals surface area (Å²) >= 11 is 0. The second kappa shape index (κ2) is 3.93. The average molecular weight is 206 g/mol. The molecule has 1 aromatic heterocycles. The highest BCUT2D eigenvalue weighted by atomic mass is 15.4. The van der Waals surface area contributed by atoms with Crippen LogP contribution in [-0.2, 0) is 13.0 Å². The van der Waals surface area contributed by atoms with Gasteiger partial charge in [0.1, 0.15) is 5.82 Å². The Labute approximate surface area is 90.1 Å². The predicted octanol–water partition coefficient (Wildman–Crippen LogP) is 1.08. The second-order valence-corrected chi connectivity index (χ2v) is 4.59. The maximum atomic E-state index is 4.70. The molecule has 0 aliphatic carbocycles. The van der Waals surface area contributed by atoms with Crippen LogP contribution in [0.25, 0.3) is 0 Å². The van der Waals surface area contributed by atoms with Crippen molar-refractivity contribution in [1.82, 2.24) is 20.1 Å². The Morgan fingerprint density at radius 1 is 1.20 bits per heavy atom. The van der Waals surface area contributed by atoms with E-state index in [1.54, 1.807) is 0 Å². The molecule has 1 fully saturated rings. The third-order valence-electron chi connectivity index (χ3n) is 3.49. The van der Waals surface area contributed by atoms with Crippen molar-refractivity contribution in [2.24, 2.45) is 0 Å². The zero-order chi connectivity index (χ0) is 10.1. The minimum absolute atomic E-state index is 0.601. The van der Waals surface area contributed by atoms with Crippen LogP contribution in [-0.4, -0.2) is 27.9 Å². The maximum Gasteiger partial charge on any atom is 0.154 e. The number of piperidine rings is 1. The number of hydrogen-bond acceptors (Lipinski definition) is 3. The van der Waals surface area contributed by atoms with Crippen LogP contribution in [0.4, 0.5) is 0 Å². The molecule has 0 radical (unpaired) electrons. The Morgan fingerprint density at radius 2 is 2.07 bits per heavy atom. The molecule has 0 amide bonds. The molecule has 1 saturated heterocycles. The highest BCUT2D eigenvalue weighted by Crippen LogP contribution is 2.23. The van der Waals surface area contributed by atoms with Crippen molar-refractivity contribution < 1.29 is 0 Å². The molecule has 1 N–H and O–H groups in total. The van der Waals surface area contributed by atoms with Crippen molar-refractivity contribution in [1.29, 1.82) is 0 Å². The van der Waals surface area contributed by atoms with Crippen molar-refractivity contribution >= 4 is 0 Å². The molecular formula is C11H18N4. The van der Waals surface area contributed by atoms with Gasteiger partial charge in [0.2, 0.25) is 0 Å². The Bertz CT molecular complexity index is 315. The Hall–Kier alpha value is -0.900. The SMILES string of the molecule is C1CCn2nc(C3CCNCC3)nc2C1. The van der Waals surface area contributed by atoms with Gasteiger partial charge in [-0.3, -0.25) is 0 Å². The van der Waals surface area contributed by atoms with Gasteiger partial charge >= 0.3 is 0 Å². The lowest BCUT2D eigenvalue weighted by atomic mass is 9.98. The van der Waals surface area contributed by atoms with Crippen LogP contribution in [0.2, 0.25) is 0 Å². The first-order valence-corrected chi connectivity index (χ1v) is 6.08. The molecule has 2 aliphatic rings. The number of nitrogens with zero attached hydrogens (tertiary/aromatic N) is 3. The molecular weight excluding hydrogens is 188 g/mol. The lowest BCUT2D eigenvalue weighted by Crippen LogP contribution is -2.27. The minimum Gasteiger partial charge on any atom is -0.317 e. The molecule has 15 heavy (non-hydrogen) atoms. The summed E-state index contributed by atoms with van der Waals surface area (Å²) < 4.78 is 2.13. The van der Waals surface area contributed by atoms with Crippen LogP contribution in [0.15, 0.2) is 0 Å². The van der Waals surface area contributed by atoms with Gasteiger partial charge in [-0.2, -0.15) is 5.10 Å². The standard InChI is InChI=1S/C11H18N4/c1-2-8-15-10(3-1)13-11(14-15)9-4-6-12-7-5-9/h9,12H,1-8H2. The third-order valence-corrected chi connectivity index (χ3v) is 3.49. The molecule has 0 unspecified atom stereocenters. The van der Waals surface area contributed by atoms with E-state index in [0.717, 1.165) is 31.9 Å². The van der Waals surface area contributed by atoms with Gasteiger partial charge < -0.3 is 5.32 Å². The molecule has 2 aliphatic heterocycles. The van der Waals surface area contributed by atoms with E-state index >= 15 is 0 Å². The van der Waals surface area contributed by atoms with Crippen molar-refractivity contribution in [3.05, 3.63) is 11.6 Å². The van der Waals surface area contributed by atoms with E-state index in [9.17, 15) is 0 Å². The molecule has 0 saturated carbocycles. The molecule has 82 valence electrons. The van der Waals surface area contributed by atoms with Gasteiger partial charge in [-0.25, -0.2) is 9.67 Å². The van der Waals surface area contributed by atoms with E-state index in [4.69, 9.17) is 4.98 Å². The molecule has 0 spiro atoms. The highest BCUT2D eigenvalue weighted by molar-refractivity contribution is 5.02. The fraction of sp³-hybridized carbons (Fsp3) is 0.818. The van der Waals surface area contributed by atoms with Crippen molar-refractivity contribution in [2.75, 3.05) is 13.1 Å². The minimum atomic E-state index is 0.601. The summed E-state index contributed by atoms with van der Waals surface area (Å²) in [6.45, 7) is 3.32. The summed E-state index contributed by atoms with van der Waals surface area (Å²) in [5, 5.41) is 8.04. The van der Waals surface area contributed by atoms with Crippen LogP contribution in [0.3, 0.4) is 0 Å². The lowest BCUT2D eigenvalue weighted by Gasteiger charge is -2.19. The molecule has 0 bridgehead atoms. The van der Waals surface area contributed by atoms with Crippen molar-refractivity contribution in [3.63, 3.8) is 0 Å².